The van der Waals surface area contributed by atoms with E-state index in [1.165, 1.54) is 12.8 Å². The molecule has 0 spiro atoms. The summed E-state index contributed by atoms with van der Waals surface area (Å²) in [7, 11) is 0. The Morgan fingerprint density at radius 2 is 1.75 bits per heavy atom. The third-order valence-electron chi connectivity index (χ3n) is 11.8. The minimum atomic E-state index is -0.930. The van der Waals surface area contributed by atoms with Crippen molar-refractivity contribution in [3.05, 3.63) is 0 Å². The molecule has 0 aliphatic heterocycles. The molecular formula is C32H54N4O4. The molecule has 0 aromatic rings. The number of nitrogens with two attached hydrogens (primary N) is 2. The average molecular weight is 559 g/mol. The van der Waals surface area contributed by atoms with Gasteiger partial charge in [0.2, 0.25) is 11.8 Å². The predicted molar refractivity (Wildman–Crippen MR) is 156 cm³/mol. The van der Waals surface area contributed by atoms with Crippen LogP contribution in [-0.4, -0.2) is 52.5 Å². The lowest BCUT2D eigenvalue weighted by Gasteiger charge is -2.63. The third-order valence-corrected chi connectivity index (χ3v) is 11.8. The molecular weight excluding hydrogens is 504 g/mol. The molecule has 40 heavy (non-hydrogen) atoms. The number of amides is 2. The van der Waals surface area contributed by atoms with Gasteiger partial charge in [-0.2, -0.15) is 0 Å². The normalized spacial score (nSPS) is 39.7. The van der Waals surface area contributed by atoms with Crippen molar-refractivity contribution in [3.8, 4) is 12.3 Å². The van der Waals surface area contributed by atoms with Gasteiger partial charge in [0, 0.05) is 6.42 Å². The molecule has 4 fully saturated rings. The molecule has 8 nitrogen and oxygen atoms in total. The summed E-state index contributed by atoms with van der Waals surface area (Å²) in [6.07, 6.45) is 15.9. The van der Waals surface area contributed by atoms with Gasteiger partial charge >= 0.3 is 0 Å². The molecule has 0 heterocycles. The van der Waals surface area contributed by atoms with Crippen LogP contribution < -0.4 is 22.1 Å². The Bertz CT molecular complexity index is 960. The first-order chi connectivity index (χ1) is 18.8. The summed E-state index contributed by atoms with van der Waals surface area (Å²) in [6.45, 7) is 6.60. The van der Waals surface area contributed by atoms with Crippen LogP contribution in [0.5, 0.6) is 0 Å². The van der Waals surface area contributed by atoms with E-state index in [2.05, 4.69) is 30.4 Å². The Kier molecular flexibility index (Phi) is 9.61. The van der Waals surface area contributed by atoms with E-state index >= 15 is 0 Å². The zero-order valence-electron chi connectivity index (χ0n) is 25.0. The quantitative estimate of drug-likeness (QED) is 0.179. The molecule has 8 heteroatoms. The average Bonchev–Trinajstić information content (AvgIpc) is 3.23. The molecule has 8 N–H and O–H groups in total. The molecule has 0 aromatic heterocycles. The van der Waals surface area contributed by atoms with Crippen LogP contribution in [0.1, 0.15) is 104 Å². The van der Waals surface area contributed by atoms with Crippen LogP contribution >= 0.6 is 0 Å². The molecule has 2 amide bonds. The lowest BCUT2D eigenvalue weighted by Crippen LogP contribution is -2.63. The summed E-state index contributed by atoms with van der Waals surface area (Å²) in [5.41, 5.74) is 11.1. The van der Waals surface area contributed by atoms with Crippen molar-refractivity contribution in [2.24, 2.45) is 51.9 Å². The molecule has 10 atom stereocenters. The maximum absolute atomic E-state index is 12.9. The first kappa shape index (κ1) is 31.3. The SMILES string of the molecule is C#CCNC(=O)C(CCC(C)(N)N)NC(=O)CCCC1CCC2C3C(O)C(O)C4CCCC[C@]4(C)C3CCC12C. The highest BCUT2D eigenvalue weighted by Gasteiger charge is 2.64. The Balaban J connectivity index is 1.34. The van der Waals surface area contributed by atoms with Crippen molar-refractivity contribution in [2.45, 2.75) is 128 Å². The zero-order valence-corrected chi connectivity index (χ0v) is 25.0. The highest BCUT2D eigenvalue weighted by atomic mass is 16.3. The number of rotatable bonds is 10. The van der Waals surface area contributed by atoms with E-state index in [0.717, 1.165) is 51.4 Å². The first-order valence-corrected chi connectivity index (χ1v) is 15.8. The number of fused-ring (bicyclic) bond motifs is 5. The second-order valence-corrected chi connectivity index (χ2v) is 14.4. The molecule has 4 rings (SSSR count). The highest BCUT2D eigenvalue weighted by Crippen LogP contribution is 2.67. The number of carbonyl (C=O) groups excluding carboxylic acids is 2. The van der Waals surface area contributed by atoms with Crippen LogP contribution in [0.4, 0.5) is 0 Å². The van der Waals surface area contributed by atoms with E-state index in [9.17, 15) is 19.8 Å². The van der Waals surface area contributed by atoms with Crippen LogP contribution in [0.15, 0.2) is 0 Å². The van der Waals surface area contributed by atoms with Crippen molar-refractivity contribution < 1.29 is 19.8 Å². The smallest absolute Gasteiger partial charge is 0.243 e. The van der Waals surface area contributed by atoms with Gasteiger partial charge in [0.05, 0.1) is 24.4 Å². The Morgan fingerprint density at radius 1 is 1.02 bits per heavy atom. The van der Waals surface area contributed by atoms with E-state index in [4.69, 9.17) is 17.9 Å². The number of aliphatic hydroxyl groups excluding tert-OH is 2. The number of terminal acetylenes is 1. The van der Waals surface area contributed by atoms with E-state index in [1.54, 1.807) is 6.92 Å². The number of hydrogen-bond acceptors (Lipinski definition) is 6. The van der Waals surface area contributed by atoms with Gasteiger partial charge in [0.1, 0.15) is 6.04 Å². The van der Waals surface area contributed by atoms with Gasteiger partial charge in [-0.05, 0) is 112 Å². The fourth-order valence-corrected chi connectivity index (χ4v) is 9.66. The van der Waals surface area contributed by atoms with Crippen molar-refractivity contribution in [2.75, 3.05) is 6.54 Å². The summed E-state index contributed by atoms with van der Waals surface area (Å²) in [5, 5.41) is 28.2. The summed E-state index contributed by atoms with van der Waals surface area (Å²) >= 11 is 0. The third kappa shape index (κ3) is 6.23. The van der Waals surface area contributed by atoms with Crippen LogP contribution in [0, 0.1) is 52.8 Å². The molecule has 0 radical (unpaired) electrons. The zero-order chi connectivity index (χ0) is 29.3. The molecule has 9 unspecified atom stereocenters. The van der Waals surface area contributed by atoms with Gasteiger partial charge in [-0.15, -0.1) is 6.42 Å². The van der Waals surface area contributed by atoms with Crippen LogP contribution in [0.3, 0.4) is 0 Å². The van der Waals surface area contributed by atoms with E-state index < -0.39 is 23.9 Å². The maximum Gasteiger partial charge on any atom is 0.243 e. The Morgan fingerprint density at radius 3 is 2.45 bits per heavy atom. The van der Waals surface area contributed by atoms with E-state index in [1.807, 2.05) is 0 Å². The van der Waals surface area contributed by atoms with Gasteiger partial charge in [-0.1, -0.05) is 32.6 Å². The van der Waals surface area contributed by atoms with Crippen molar-refractivity contribution >= 4 is 11.8 Å². The van der Waals surface area contributed by atoms with Gasteiger partial charge < -0.3 is 32.3 Å². The monoisotopic (exact) mass is 558 g/mol. The predicted octanol–water partition coefficient (Wildman–Crippen LogP) is 2.80. The fourth-order valence-electron chi connectivity index (χ4n) is 9.66. The molecule has 4 aliphatic rings. The summed E-state index contributed by atoms with van der Waals surface area (Å²) in [6, 6.07) is -0.722. The number of aliphatic hydroxyl groups is 2. The molecule has 0 saturated heterocycles. The topological polar surface area (TPSA) is 151 Å². The number of carbonyl (C=O) groups is 2. The second-order valence-electron chi connectivity index (χ2n) is 14.4. The maximum atomic E-state index is 12.9. The summed E-state index contributed by atoms with van der Waals surface area (Å²) < 4.78 is 0. The first-order valence-electron chi connectivity index (χ1n) is 15.8. The molecule has 226 valence electrons. The Hall–Kier alpha value is -1.66. The minimum Gasteiger partial charge on any atom is -0.390 e. The number of nitrogens with one attached hydrogen (secondary N) is 2. The fraction of sp³-hybridized carbons (Fsp3) is 0.875. The van der Waals surface area contributed by atoms with E-state index in [0.29, 0.717) is 37.0 Å². The molecule has 4 saturated carbocycles. The number of hydrogen-bond donors (Lipinski definition) is 6. The molecule has 0 bridgehead atoms. The lowest BCUT2D eigenvalue weighted by atomic mass is 9.43. The van der Waals surface area contributed by atoms with Crippen molar-refractivity contribution in [1.29, 1.82) is 0 Å². The van der Waals surface area contributed by atoms with Crippen LogP contribution in [-0.2, 0) is 9.59 Å². The minimum absolute atomic E-state index is 0.0997. The van der Waals surface area contributed by atoms with Crippen molar-refractivity contribution in [1.82, 2.24) is 10.6 Å². The van der Waals surface area contributed by atoms with Crippen LogP contribution in [0.25, 0.3) is 0 Å². The van der Waals surface area contributed by atoms with Gasteiger partial charge in [0.25, 0.3) is 0 Å². The van der Waals surface area contributed by atoms with Crippen LogP contribution in [0.2, 0.25) is 0 Å². The standard InChI is InChI=1S/C32H54N4O4/c1-5-19-35-29(40)24(15-18-32(4,33)34)36-25(37)11-8-9-20-12-13-21-26-22(14-17-30(20,21)2)31(3)16-7-6-10-23(31)27(38)28(26)39/h1,20-24,26-28,38-39H,6-19,33-34H2,2-4H3,(H,35,40)(H,36,37)/t20?,21?,22?,23?,24?,26?,27?,28?,30?,31-/m1/s1. The largest absolute Gasteiger partial charge is 0.390 e. The lowest BCUT2D eigenvalue weighted by molar-refractivity contribution is -0.214. The van der Waals surface area contributed by atoms with E-state index in [-0.39, 0.29) is 41.0 Å². The molecule has 4 aliphatic carbocycles. The summed E-state index contributed by atoms with van der Waals surface area (Å²) in [5.74, 6) is 3.70. The second kappa shape index (κ2) is 12.3. The van der Waals surface area contributed by atoms with Gasteiger partial charge in [0.15, 0.2) is 0 Å². The van der Waals surface area contributed by atoms with Gasteiger partial charge in [-0.3, -0.25) is 9.59 Å². The van der Waals surface area contributed by atoms with Crippen molar-refractivity contribution in [3.63, 3.8) is 0 Å². The van der Waals surface area contributed by atoms with Gasteiger partial charge in [-0.25, -0.2) is 0 Å². The summed E-state index contributed by atoms with van der Waals surface area (Å²) in [4.78, 5) is 25.4. The molecule has 0 aromatic carbocycles. The highest BCUT2D eigenvalue weighted by molar-refractivity contribution is 5.87. The Labute approximate surface area is 241 Å².